The van der Waals surface area contributed by atoms with Crippen LogP contribution in [0.4, 0.5) is 16.2 Å². The maximum absolute atomic E-state index is 13.6. The highest BCUT2D eigenvalue weighted by atomic mass is 19.1. The summed E-state index contributed by atoms with van der Waals surface area (Å²) in [5.41, 5.74) is 9.58. The van der Waals surface area contributed by atoms with E-state index in [4.69, 9.17) is 10.5 Å². The molecule has 1 aromatic carbocycles. The molecule has 11 heteroatoms. The highest BCUT2D eigenvalue weighted by Crippen LogP contribution is 2.64. The highest BCUT2D eigenvalue weighted by molar-refractivity contribution is 5.86. The van der Waals surface area contributed by atoms with Crippen LogP contribution in [0.5, 0.6) is 5.75 Å². The molecule has 38 heavy (non-hydrogen) atoms. The number of aromatic nitrogens is 4. The van der Waals surface area contributed by atoms with Crippen LogP contribution in [0.25, 0.3) is 11.0 Å². The number of piperazine rings is 1. The number of methoxy groups -OCH3 is 1. The number of nitrogens with one attached hydrogen (secondary N) is 1. The van der Waals surface area contributed by atoms with Crippen LogP contribution in [0.1, 0.15) is 37.3 Å². The molecule has 1 saturated heterocycles. The number of nitrogens with zero attached hydrogens (tertiary/aromatic N) is 6. The summed E-state index contributed by atoms with van der Waals surface area (Å²) in [6, 6.07) is 6.28. The number of halogens is 1. The lowest BCUT2D eigenvalue weighted by atomic mass is 9.71. The first kappa shape index (κ1) is 24.8. The predicted molar refractivity (Wildman–Crippen MR) is 143 cm³/mol. The molecule has 3 aromatic rings. The minimum atomic E-state index is -0.611. The van der Waals surface area contributed by atoms with Crippen molar-refractivity contribution in [1.82, 2.24) is 29.5 Å². The molecule has 3 N–H and O–H groups in total. The molecule has 202 valence electrons. The van der Waals surface area contributed by atoms with Crippen LogP contribution in [0, 0.1) is 11.3 Å². The Kier molecular flexibility index (Phi) is 6.33. The van der Waals surface area contributed by atoms with Gasteiger partial charge in [-0.3, -0.25) is 14.4 Å². The maximum atomic E-state index is 13.6. The molecular weight excluding hydrogens is 487 g/mol. The zero-order valence-electron chi connectivity index (χ0n) is 22.0. The Bertz CT molecular complexity index is 1350. The van der Waals surface area contributed by atoms with Gasteiger partial charge in [0.1, 0.15) is 23.0 Å². The predicted octanol–water partition coefficient (Wildman–Crippen LogP) is 2.68. The van der Waals surface area contributed by atoms with Crippen LogP contribution in [0.15, 0.2) is 24.4 Å². The van der Waals surface area contributed by atoms with E-state index in [0.717, 1.165) is 80.9 Å². The van der Waals surface area contributed by atoms with Gasteiger partial charge in [0.2, 0.25) is 11.9 Å². The van der Waals surface area contributed by atoms with Gasteiger partial charge in [-0.25, -0.2) is 9.37 Å². The quantitative estimate of drug-likeness (QED) is 0.464. The van der Waals surface area contributed by atoms with Crippen LogP contribution in [-0.4, -0.2) is 81.5 Å². The first-order valence-corrected chi connectivity index (χ1v) is 13.3. The van der Waals surface area contributed by atoms with Crippen molar-refractivity contribution in [2.45, 2.75) is 45.4 Å². The molecule has 10 nitrogen and oxygen atoms in total. The van der Waals surface area contributed by atoms with Crippen molar-refractivity contribution >= 4 is 28.7 Å². The van der Waals surface area contributed by atoms with E-state index >= 15 is 0 Å². The first-order chi connectivity index (χ1) is 18.3. The van der Waals surface area contributed by atoms with E-state index in [0.29, 0.717) is 23.8 Å². The Morgan fingerprint density at radius 1 is 1.18 bits per heavy atom. The number of ether oxygens (including phenoxy) is 1. The Morgan fingerprint density at radius 2 is 1.95 bits per heavy atom. The van der Waals surface area contributed by atoms with Crippen molar-refractivity contribution < 1.29 is 13.9 Å². The first-order valence-electron chi connectivity index (χ1n) is 13.3. The van der Waals surface area contributed by atoms with Gasteiger partial charge in [0.05, 0.1) is 19.9 Å². The Balaban J connectivity index is 1.16. The lowest BCUT2D eigenvalue weighted by molar-refractivity contribution is -0.130. The Morgan fingerprint density at radius 3 is 2.63 bits per heavy atom. The number of hydrogen-bond donors (Lipinski definition) is 2. The molecule has 3 fully saturated rings. The highest BCUT2D eigenvalue weighted by Gasteiger charge is 2.62. The number of carbonyl (C=O) groups excluding carboxylic acids is 1. The number of benzene rings is 1. The monoisotopic (exact) mass is 522 g/mol. The summed E-state index contributed by atoms with van der Waals surface area (Å²) in [5.74, 6) is 2.22. The summed E-state index contributed by atoms with van der Waals surface area (Å²) in [7, 11) is 1.68. The van der Waals surface area contributed by atoms with Crippen LogP contribution >= 0.6 is 0 Å². The number of rotatable bonds is 8. The van der Waals surface area contributed by atoms with Crippen molar-refractivity contribution in [2.75, 3.05) is 50.9 Å². The number of nitrogens with two attached hydrogens (primary N) is 1. The van der Waals surface area contributed by atoms with E-state index in [1.807, 2.05) is 9.58 Å². The fraction of sp³-hybridized carbons (Fsp3) is 0.556. The molecule has 1 unspecified atom stereocenters. The number of carbonyl (C=O) groups is 1. The number of nitrogen functional groups attached to an aromatic ring is 1. The normalized spacial score (nSPS) is 25.0. The minimum absolute atomic E-state index is 0.0280. The Hall–Kier alpha value is -3.47. The van der Waals surface area contributed by atoms with Gasteiger partial charge in [-0.2, -0.15) is 10.1 Å². The van der Waals surface area contributed by atoms with Crippen LogP contribution in [0.2, 0.25) is 0 Å². The lowest BCUT2D eigenvalue weighted by Crippen LogP contribution is -2.47. The molecule has 2 aliphatic carbocycles. The van der Waals surface area contributed by atoms with E-state index in [2.05, 4.69) is 43.5 Å². The van der Waals surface area contributed by atoms with Crippen LogP contribution in [0.3, 0.4) is 0 Å². The molecule has 2 saturated carbocycles. The summed E-state index contributed by atoms with van der Waals surface area (Å²) in [4.78, 5) is 24.7. The fourth-order valence-electron chi connectivity index (χ4n) is 6.11. The third kappa shape index (κ3) is 4.75. The molecule has 3 heterocycles. The van der Waals surface area contributed by atoms with Gasteiger partial charge < -0.3 is 20.7 Å². The van der Waals surface area contributed by atoms with Crippen molar-refractivity contribution in [3.63, 3.8) is 0 Å². The zero-order chi connectivity index (χ0) is 26.4. The van der Waals surface area contributed by atoms with Crippen molar-refractivity contribution in [1.29, 1.82) is 0 Å². The van der Waals surface area contributed by atoms with Gasteiger partial charge >= 0.3 is 0 Å². The lowest BCUT2D eigenvalue weighted by Gasteiger charge is -2.35. The second-order valence-corrected chi connectivity index (χ2v) is 11.1. The number of amides is 1. The topological polar surface area (TPSA) is 114 Å². The van der Waals surface area contributed by atoms with E-state index < -0.39 is 6.17 Å². The molecule has 1 amide bonds. The Labute approximate surface area is 221 Å². The largest absolute Gasteiger partial charge is 0.496 e. The maximum Gasteiger partial charge on any atom is 0.222 e. The summed E-state index contributed by atoms with van der Waals surface area (Å²) in [6.07, 6.45) is 3.68. The van der Waals surface area contributed by atoms with Crippen molar-refractivity contribution in [3.8, 4) is 5.75 Å². The smallest absolute Gasteiger partial charge is 0.222 e. The van der Waals surface area contributed by atoms with Gasteiger partial charge in [0.25, 0.3) is 0 Å². The van der Waals surface area contributed by atoms with E-state index in [9.17, 15) is 9.18 Å². The molecule has 1 spiro atoms. The number of anilines is 2. The van der Waals surface area contributed by atoms with Crippen molar-refractivity contribution in [2.24, 2.45) is 11.3 Å². The van der Waals surface area contributed by atoms with Gasteiger partial charge in [-0.1, -0.05) is 12.1 Å². The summed E-state index contributed by atoms with van der Waals surface area (Å²) in [5, 5.41) is 8.02. The molecule has 6 rings (SSSR count). The van der Waals surface area contributed by atoms with Gasteiger partial charge in [0.15, 0.2) is 5.82 Å². The fourth-order valence-corrected chi connectivity index (χ4v) is 6.11. The zero-order valence-corrected chi connectivity index (χ0v) is 22.0. The minimum Gasteiger partial charge on any atom is -0.496 e. The van der Waals surface area contributed by atoms with Crippen LogP contribution in [-0.2, 0) is 17.9 Å². The number of fused-ring (bicyclic) bond motifs is 1. The molecule has 0 radical (unpaired) electrons. The van der Waals surface area contributed by atoms with Gasteiger partial charge in [-0.15, -0.1) is 0 Å². The number of hydrogen-bond acceptors (Lipinski definition) is 8. The molecule has 3 aliphatic rings. The standard InChI is InChI=1S/C27H35FN8O2/c1-17(37)35-7-5-34(6-8-35)15-18-3-4-20(22(9-18)38-2)16-36-24-21(14-31-36)32-26(29)33-25(24)30-13-19-10-27(11-19)12-23(27)28/h3-4,9,14,19,23H,5-8,10-13,15-16H2,1-2H3,(H3,29,30,32,33). The third-order valence-corrected chi connectivity index (χ3v) is 8.44. The second kappa shape index (κ2) is 9.68. The van der Waals surface area contributed by atoms with E-state index in [-0.39, 0.29) is 17.3 Å². The van der Waals surface area contributed by atoms with Gasteiger partial charge in [-0.05, 0) is 36.8 Å². The molecule has 1 atom stereocenters. The van der Waals surface area contributed by atoms with Crippen molar-refractivity contribution in [3.05, 3.63) is 35.5 Å². The van der Waals surface area contributed by atoms with E-state index in [1.165, 1.54) is 0 Å². The molecule has 2 aromatic heterocycles. The van der Waals surface area contributed by atoms with E-state index in [1.54, 1.807) is 20.2 Å². The summed E-state index contributed by atoms with van der Waals surface area (Å²) in [6.45, 7) is 6.89. The summed E-state index contributed by atoms with van der Waals surface area (Å²) < 4.78 is 21.2. The average Bonchev–Trinajstić information content (AvgIpc) is 3.39. The molecule has 1 aliphatic heterocycles. The van der Waals surface area contributed by atoms with Gasteiger partial charge in [0, 0.05) is 57.2 Å². The summed E-state index contributed by atoms with van der Waals surface area (Å²) >= 11 is 0. The molecular formula is C27H35FN8O2. The average molecular weight is 523 g/mol. The third-order valence-electron chi connectivity index (χ3n) is 8.44. The second-order valence-electron chi connectivity index (χ2n) is 11.1. The number of alkyl halides is 1. The molecule has 0 bridgehead atoms. The van der Waals surface area contributed by atoms with Crippen LogP contribution < -0.4 is 15.8 Å². The SMILES string of the molecule is COc1cc(CN2CCN(C(C)=O)CC2)ccc1Cn1ncc2nc(N)nc(NCC3CC4(C3)CC4F)c21.